The van der Waals surface area contributed by atoms with E-state index in [1.165, 1.54) is 33.5 Å². The number of carbonyl (C=O) groups excluding carboxylic acids is 1. The highest BCUT2D eigenvalue weighted by Crippen LogP contribution is 2.70. The predicted octanol–water partition coefficient (Wildman–Crippen LogP) is 1.21. The second-order valence-corrected chi connectivity index (χ2v) is 8.16. The normalized spacial score (nSPS) is 27.9. The molecule has 2 saturated carbocycles. The largest absolute Gasteiger partial charge is 0.369 e. The third-order valence-electron chi connectivity index (χ3n) is 6.04. The lowest BCUT2D eigenvalue weighted by atomic mass is 9.88. The molecule has 25 heavy (non-hydrogen) atoms. The molecule has 2 heterocycles. The van der Waals surface area contributed by atoms with E-state index in [1.54, 1.807) is 0 Å². The summed E-state index contributed by atoms with van der Waals surface area (Å²) in [6.45, 7) is 0.726. The van der Waals surface area contributed by atoms with Gasteiger partial charge in [-0.2, -0.15) is 9.36 Å². The van der Waals surface area contributed by atoms with Crippen molar-refractivity contribution in [2.45, 2.75) is 25.8 Å². The summed E-state index contributed by atoms with van der Waals surface area (Å²) < 4.78 is 2.58. The number of nitrogens with zero attached hydrogens (tertiary/aromatic N) is 4. The summed E-state index contributed by atoms with van der Waals surface area (Å²) in [7, 11) is 0. The third-order valence-corrected chi connectivity index (χ3v) is 6.88. The molecule has 0 radical (unpaired) electrons. The molecule has 7 nitrogen and oxygen atoms in total. The molecule has 2 aromatic heterocycles. The van der Waals surface area contributed by atoms with Crippen LogP contribution in [0.25, 0.3) is 5.00 Å². The van der Waals surface area contributed by atoms with E-state index in [-0.39, 0.29) is 17.5 Å². The minimum absolute atomic E-state index is 0.0935. The first-order chi connectivity index (χ1) is 12.2. The number of thiophene rings is 1. The van der Waals surface area contributed by atoms with Crippen LogP contribution >= 0.6 is 11.3 Å². The zero-order valence-corrected chi connectivity index (χ0v) is 14.5. The smallest absolute Gasteiger partial charge is 0.354 e. The highest BCUT2D eigenvalue weighted by molar-refractivity contribution is 7.12. The van der Waals surface area contributed by atoms with Crippen LogP contribution in [0.2, 0.25) is 0 Å². The van der Waals surface area contributed by atoms with E-state index in [2.05, 4.69) is 27.9 Å². The lowest BCUT2D eigenvalue weighted by Crippen LogP contribution is -2.37. The van der Waals surface area contributed by atoms with Gasteiger partial charge in [-0.05, 0) is 64.5 Å². The van der Waals surface area contributed by atoms with Gasteiger partial charge >= 0.3 is 5.69 Å². The van der Waals surface area contributed by atoms with Gasteiger partial charge in [-0.25, -0.2) is 4.79 Å². The highest BCUT2D eigenvalue weighted by Gasteiger charge is 2.63. The molecular weight excluding hydrogens is 338 g/mol. The molecule has 2 aromatic rings. The summed E-state index contributed by atoms with van der Waals surface area (Å²) in [5, 5.41) is 13.4. The van der Waals surface area contributed by atoms with Gasteiger partial charge in [0.2, 0.25) is 5.91 Å². The van der Waals surface area contributed by atoms with E-state index in [4.69, 9.17) is 0 Å². The van der Waals surface area contributed by atoms with Crippen LogP contribution in [0.5, 0.6) is 0 Å². The molecule has 0 aliphatic heterocycles. The average Bonchev–Trinajstić information content (AvgIpc) is 2.92. The molecule has 1 spiro atoms. The Morgan fingerprint density at radius 3 is 2.96 bits per heavy atom. The maximum atomic E-state index is 12.5. The van der Waals surface area contributed by atoms with Crippen LogP contribution in [0.15, 0.2) is 34.5 Å². The molecule has 3 unspecified atom stereocenters. The SMILES string of the molecule is O=C(NCCn1nnn(-c2cccs2)c1=O)C1CC2C=CC1C21CC1. The van der Waals surface area contributed by atoms with E-state index in [0.717, 1.165) is 11.4 Å². The van der Waals surface area contributed by atoms with Gasteiger partial charge in [0.15, 0.2) is 0 Å². The van der Waals surface area contributed by atoms with E-state index >= 15 is 0 Å². The molecule has 0 aromatic carbocycles. The van der Waals surface area contributed by atoms with Gasteiger partial charge in [-0.1, -0.05) is 12.2 Å². The maximum absolute atomic E-state index is 12.5. The molecule has 1 amide bonds. The Morgan fingerprint density at radius 1 is 1.36 bits per heavy atom. The van der Waals surface area contributed by atoms with Gasteiger partial charge < -0.3 is 5.32 Å². The van der Waals surface area contributed by atoms with Crippen LogP contribution in [-0.4, -0.2) is 32.2 Å². The van der Waals surface area contributed by atoms with Crippen molar-refractivity contribution in [3.63, 3.8) is 0 Å². The second-order valence-electron chi connectivity index (χ2n) is 7.23. The first kappa shape index (κ1) is 15.1. The van der Waals surface area contributed by atoms with Crippen molar-refractivity contribution in [2.24, 2.45) is 23.2 Å². The van der Waals surface area contributed by atoms with Gasteiger partial charge in [0.25, 0.3) is 0 Å². The first-order valence-corrected chi connectivity index (χ1v) is 9.60. The van der Waals surface area contributed by atoms with Crippen molar-refractivity contribution in [3.05, 3.63) is 40.1 Å². The van der Waals surface area contributed by atoms with Crippen LogP contribution in [0, 0.1) is 23.2 Å². The minimum atomic E-state index is -0.281. The zero-order chi connectivity index (χ0) is 17.0. The van der Waals surface area contributed by atoms with Crippen molar-refractivity contribution in [2.75, 3.05) is 6.54 Å². The minimum Gasteiger partial charge on any atom is -0.354 e. The summed E-state index contributed by atoms with van der Waals surface area (Å²) in [4.78, 5) is 24.8. The third kappa shape index (κ3) is 2.23. The van der Waals surface area contributed by atoms with Crippen LogP contribution in [0.1, 0.15) is 19.3 Å². The number of aromatic nitrogens is 4. The van der Waals surface area contributed by atoms with Crippen molar-refractivity contribution in [1.82, 2.24) is 25.1 Å². The van der Waals surface area contributed by atoms with Crippen molar-refractivity contribution < 1.29 is 4.79 Å². The number of hydrogen-bond acceptors (Lipinski definition) is 5. The number of amides is 1. The summed E-state index contributed by atoms with van der Waals surface area (Å²) in [5.41, 5.74) is 0.138. The molecule has 3 aliphatic rings. The average molecular weight is 357 g/mol. The van der Waals surface area contributed by atoms with E-state index < -0.39 is 0 Å². The quantitative estimate of drug-likeness (QED) is 0.816. The Bertz CT molecular complexity index is 893. The number of rotatable bonds is 5. The number of carbonyl (C=O) groups is 1. The van der Waals surface area contributed by atoms with Crippen molar-refractivity contribution >= 4 is 17.2 Å². The summed E-state index contributed by atoms with van der Waals surface area (Å²) >= 11 is 1.43. The Labute approximate surface area is 148 Å². The predicted molar refractivity (Wildman–Crippen MR) is 92.4 cm³/mol. The van der Waals surface area contributed by atoms with E-state index in [9.17, 15) is 9.59 Å². The fourth-order valence-corrected chi connectivity index (χ4v) is 5.30. The maximum Gasteiger partial charge on any atom is 0.369 e. The van der Waals surface area contributed by atoms with Crippen LogP contribution < -0.4 is 11.0 Å². The number of allylic oxidation sites excluding steroid dienone is 2. The van der Waals surface area contributed by atoms with Gasteiger partial charge in [0.05, 0.1) is 6.54 Å². The molecule has 8 heteroatoms. The van der Waals surface area contributed by atoms with E-state index in [1.807, 2.05) is 17.5 Å². The zero-order valence-electron chi connectivity index (χ0n) is 13.7. The monoisotopic (exact) mass is 357 g/mol. The number of hydrogen-bond donors (Lipinski definition) is 1. The fourth-order valence-electron chi connectivity index (χ4n) is 4.63. The number of nitrogens with one attached hydrogen (secondary N) is 1. The molecule has 3 aliphatic carbocycles. The molecule has 0 saturated heterocycles. The van der Waals surface area contributed by atoms with Gasteiger partial charge in [-0.15, -0.1) is 11.3 Å². The molecule has 2 bridgehead atoms. The molecule has 2 fully saturated rings. The standard InChI is InChI=1S/C17H19N5O2S/c23-15(12-10-11-3-4-13(12)17(11)5-6-17)18-7-8-21-16(24)22(20-19-21)14-2-1-9-25-14/h1-4,9,11-13H,5-8,10H2,(H,18,23). The Hall–Kier alpha value is -2.22. The van der Waals surface area contributed by atoms with Gasteiger partial charge in [0, 0.05) is 12.5 Å². The van der Waals surface area contributed by atoms with E-state index in [0.29, 0.717) is 30.3 Å². The summed E-state index contributed by atoms with van der Waals surface area (Å²) in [5.74, 6) is 1.22. The Balaban J connectivity index is 1.20. The first-order valence-electron chi connectivity index (χ1n) is 8.72. The van der Waals surface area contributed by atoms with Crippen molar-refractivity contribution in [3.8, 4) is 5.00 Å². The summed E-state index contributed by atoms with van der Waals surface area (Å²) in [6.07, 6.45) is 8.06. The van der Waals surface area contributed by atoms with Gasteiger partial charge in [0.1, 0.15) is 5.00 Å². The van der Waals surface area contributed by atoms with Crippen LogP contribution in [-0.2, 0) is 11.3 Å². The molecule has 3 atom stereocenters. The fraction of sp³-hybridized carbons (Fsp3) is 0.529. The van der Waals surface area contributed by atoms with Crippen LogP contribution in [0.4, 0.5) is 0 Å². The number of tetrazole rings is 1. The lowest BCUT2D eigenvalue weighted by Gasteiger charge is -2.19. The lowest BCUT2D eigenvalue weighted by molar-refractivity contribution is -0.125. The summed E-state index contributed by atoms with van der Waals surface area (Å²) in [6, 6.07) is 3.69. The molecule has 130 valence electrons. The van der Waals surface area contributed by atoms with Crippen molar-refractivity contribution in [1.29, 1.82) is 0 Å². The van der Waals surface area contributed by atoms with Crippen LogP contribution in [0.3, 0.4) is 0 Å². The molecular formula is C17H19N5O2S. The Kier molecular flexibility index (Phi) is 3.25. The highest BCUT2D eigenvalue weighted by atomic mass is 32.1. The van der Waals surface area contributed by atoms with Gasteiger partial charge in [-0.3, -0.25) is 4.79 Å². The molecule has 1 N–H and O–H groups in total. The topological polar surface area (TPSA) is 81.8 Å². The molecule has 5 rings (SSSR count). The Morgan fingerprint density at radius 2 is 2.24 bits per heavy atom. The second kappa shape index (κ2) is 5.39.